The zero-order chi connectivity index (χ0) is 36.5. The van der Waals surface area contributed by atoms with Crippen LogP contribution in [-0.2, 0) is 26.3 Å². The Morgan fingerprint density at radius 3 is 2.48 bits per heavy atom. The predicted octanol–water partition coefficient (Wildman–Crippen LogP) is 9.45. The molecule has 3 aromatic carbocycles. The maximum atomic E-state index is 9.33. The van der Waals surface area contributed by atoms with Gasteiger partial charge in [-0.1, -0.05) is 71.2 Å². The van der Waals surface area contributed by atoms with Crippen LogP contribution in [0.25, 0.3) is 11.1 Å². The monoisotopic (exact) mass is 755 g/mol. The number of nitriles is 1. The van der Waals surface area contributed by atoms with Gasteiger partial charge in [0.15, 0.2) is 0 Å². The molecule has 0 radical (unpaired) electrons. The van der Waals surface area contributed by atoms with E-state index < -0.39 is 0 Å². The molecule has 1 fully saturated rings. The highest BCUT2D eigenvalue weighted by Gasteiger charge is 2.20. The molecule has 3 heterocycles. The zero-order valence-electron chi connectivity index (χ0n) is 29.2. The van der Waals surface area contributed by atoms with Gasteiger partial charge in [-0.05, 0) is 74.3 Å². The van der Waals surface area contributed by atoms with Gasteiger partial charge in [0.2, 0.25) is 0 Å². The van der Waals surface area contributed by atoms with Gasteiger partial charge in [0.05, 0.1) is 22.2 Å². The van der Waals surface area contributed by atoms with Crippen molar-refractivity contribution in [1.82, 2.24) is 20.2 Å². The number of nitrogens with one attached hydrogen (secondary N) is 1. The van der Waals surface area contributed by atoms with Gasteiger partial charge in [0.1, 0.15) is 41.7 Å². The Morgan fingerprint density at radius 2 is 1.65 bits per heavy atom. The molecule has 1 unspecified atom stereocenters. The van der Waals surface area contributed by atoms with Crippen LogP contribution < -0.4 is 19.5 Å². The lowest BCUT2D eigenvalue weighted by molar-refractivity contribution is 0.150. The van der Waals surface area contributed by atoms with Crippen molar-refractivity contribution in [2.75, 3.05) is 26.7 Å². The van der Waals surface area contributed by atoms with Crippen LogP contribution in [0.2, 0.25) is 15.2 Å². The van der Waals surface area contributed by atoms with Crippen molar-refractivity contribution in [3.8, 4) is 34.4 Å². The highest BCUT2D eigenvalue weighted by atomic mass is 35.5. The molecule has 0 saturated carbocycles. The van der Waals surface area contributed by atoms with Crippen molar-refractivity contribution in [1.29, 1.82) is 5.26 Å². The Labute approximate surface area is 320 Å². The molecular formula is C41H40Cl3N5O3. The number of ether oxygens (including phenoxy) is 3. The number of halogens is 3. The minimum absolute atomic E-state index is 0.202. The van der Waals surface area contributed by atoms with E-state index >= 15 is 0 Å². The van der Waals surface area contributed by atoms with Crippen LogP contribution in [0.3, 0.4) is 0 Å². The average Bonchev–Trinajstić information content (AvgIpc) is 3.15. The lowest BCUT2D eigenvalue weighted by atomic mass is 9.96. The molecule has 1 aliphatic rings. The number of aromatic nitrogens is 2. The largest absolute Gasteiger partial charge is 0.492 e. The van der Waals surface area contributed by atoms with E-state index in [9.17, 15) is 5.26 Å². The van der Waals surface area contributed by atoms with Crippen molar-refractivity contribution in [3.05, 3.63) is 134 Å². The van der Waals surface area contributed by atoms with E-state index in [0.29, 0.717) is 63.6 Å². The fraction of sp³-hybridized carbons (Fsp3) is 0.293. The number of benzene rings is 3. The van der Waals surface area contributed by atoms with Gasteiger partial charge in [-0.15, -0.1) is 0 Å². The van der Waals surface area contributed by atoms with Crippen LogP contribution in [-0.4, -0.2) is 41.6 Å². The number of pyridine rings is 2. The number of hydrogen-bond donors (Lipinski definition) is 1. The molecule has 1 saturated heterocycles. The Kier molecular flexibility index (Phi) is 12.9. The van der Waals surface area contributed by atoms with E-state index in [2.05, 4.69) is 46.3 Å². The van der Waals surface area contributed by atoms with Crippen molar-refractivity contribution >= 4 is 34.8 Å². The second-order valence-corrected chi connectivity index (χ2v) is 14.2. The standard InChI is InChI=1S/C41H40Cl3N5O3/c1-27-32(8-3-10-34(27)35-11-4-12-37(40(35)43)50-24-28-7-6-14-49(2)23-28)26-52-39-17-38(51-25-30-15-29(18-45)19-46-20-30)33(16-36(39)42)22-47-21-31-9-5-13-48-41(31)44/h3-5,8-13,15-17,19-20,28,47H,6-7,14,21-26H2,1-2H3. The second-order valence-electron chi connectivity index (χ2n) is 13.0. The number of nitrogens with zero attached hydrogens (tertiary/aromatic N) is 4. The van der Waals surface area contributed by atoms with E-state index in [1.54, 1.807) is 24.5 Å². The van der Waals surface area contributed by atoms with Gasteiger partial charge in [-0.3, -0.25) is 4.98 Å². The first-order chi connectivity index (χ1) is 25.3. The van der Waals surface area contributed by atoms with Gasteiger partial charge in [0.25, 0.3) is 0 Å². The third-order valence-corrected chi connectivity index (χ3v) is 10.2. The molecule has 8 nitrogen and oxygen atoms in total. The first-order valence-corrected chi connectivity index (χ1v) is 18.3. The second kappa shape index (κ2) is 17.9. The number of likely N-dealkylation sites (tertiary alicyclic amines) is 1. The lowest BCUT2D eigenvalue weighted by Crippen LogP contribution is -2.34. The number of rotatable bonds is 14. The Bertz CT molecular complexity index is 2050. The van der Waals surface area contributed by atoms with Crippen LogP contribution in [0.1, 0.15) is 46.2 Å². The summed E-state index contributed by atoms with van der Waals surface area (Å²) in [4.78, 5) is 10.7. The molecule has 1 aliphatic heterocycles. The van der Waals surface area contributed by atoms with E-state index in [1.165, 1.54) is 12.6 Å². The summed E-state index contributed by atoms with van der Waals surface area (Å²) in [5.74, 6) is 2.24. The van der Waals surface area contributed by atoms with Crippen molar-refractivity contribution in [2.45, 2.75) is 46.1 Å². The highest BCUT2D eigenvalue weighted by Crippen LogP contribution is 2.39. The van der Waals surface area contributed by atoms with Gasteiger partial charge in [0, 0.05) is 72.5 Å². The summed E-state index contributed by atoms with van der Waals surface area (Å²) in [6, 6.07) is 23.3. The summed E-state index contributed by atoms with van der Waals surface area (Å²) in [5.41, 5.74) is 6.88. The summed E-state index contributed by atoms with van der Waals surface area (Å²) in [6.45, 7) is 6.30. The van der Waals surface area contributed by atoms with Crippen LogP contribution in [0.4, 0.5) is 0 Å². The van der Waals surface area contributed by atoms with Crippen LogP contribution in [0.5, 0.6) is 17.2 Å². The average molecular weight is 757 g/mol. The molecule has 268 valence electrons. The van der Waals surface area contributed by atoms with Crippen molar-refractivity contribution in [2.24, 2.45) is 5.92 Å². The smallest absolute Gasteiger partial charge is 0.142 e. The van der Waals surface area contributed by atoms with Crippen molar-refractivity contribution < 1.29 is 14.2 Å². The van der Waals surface area contributed by atoms with Crippen LogP contribution in [0.15, 0.2) is 85.3 Å². The lowest BCUT2D eigenvalue weighted by Gasteiger charge is -2.29. The third kappa shape index (κ3) is 9.54. The molecule has 52 heavy (non-hydrogen) atoms. The van der Waals surface area contributed by atoms with Gasteiger partial charge < -0.3 is 24.4 Å². The van der Waals surface area contributed by atoms with E-state index in [1.807, 2.05) is 48.5 Å². The first kappa shape index (κ1) is 37.4. The van der Waals surface area contributed by atoms with Gasteiger partial charge >= 0.3 is 0 Å². The summed E-state index contributed by atoms with van der Waals surface area (Å²) in [6.07, 6.45) is 7.20. The predicted molar refractivity (Wildman–Crippen MR) is 206 cm³/mol. The quantitative estimate of drug-likeness (QED) is 0.112. The van der Waals surface area contributed by atoms with E-state index in [4.69, 9.17) is 49.0 Å². The van der Waals surface area contributed by atoms with Crippen LogP contribution in [0, 0.1) is 24.2 Å². The topological polar surface area (TPSA) is 92.5 Å². The molecule has 1 N–H and O–H groups in total. The fourth-order valence-corrected chi connectivity index (χ4v) is 7.07. The number of hydrogen-bond acceptors (Lipinski definition) is 8. The molecule has 0 spiro atoms. The third-order valence-electron chi connectivity index (χ3n) is 9.18. The Hall–Kier alpha value is -4.36. The molecule has 11 heteroatoms. The minimum Gasteiger partial charge on any atom is -0.492 e. The van der Waals surface area contributed by atoms with E-state index in [0.717, 1.165) is 58.5 Å². The Morgan fingerprint density at radius 1 is 0.865 bits per heavy atom. The summed E-state index contributed by atoms with van der Waals surface area (Å²) < 4.78 is 18.9. The molecule has 2 aromatic heterocycles. The highest BCUT2D eigenvalue weighted by molar-refractivity contribution is 6.35. The normalized spacial score (nSPS) is 14.5. The fourth-order valence-electron chi connectivity index (χ4n) is 6.37. The first-order valence-electron chi connectivity index (χ1n) is 17.2. The Balaban J connectivity index is 1.19. The molecule has 0 bridgehead atoms. The summed E-state index contributed by atoms with van der Waals surface area (Å²) in [7, 11) is 2.16. The van der Waals surface area contributed by atoms with Gasteiger partial charge in [-0.25, -0.2) is 4.98 Å². The minimum atomic E-state index is 0.202. The zero-order valence-corrected chi connectivity index (χ0v) is 31.4. The van der Waals surface area contributed by atoms with Crippen LogP contribution >= 0.6 is 34.8 Å². The SMILES string of the molecule is Cc1c(COc2cc(OCc3cncc(C#N)c3)c(CNCc3cccnc3Cl)cc2Cl)cccc1-c1cccc(OCC2CCCN(C)C2)c1Cl. The molecule has 5 aromatic rings. The summed E-state index contributed by atoms with van der Waals surface area (Å²) >= 11 is 20.1. The molecule has 1 atom stereocenters. The number of piperidine rings is 1. The van der Waals surface area contributed by atoms with E-state index in [-0.39, 0.29) is 13.2 Å². The maximum Gasteiger partial charge on any atom is 0.142 e. The molecule has 0 amide bonds. The van der Waals surface area contributed by atoms with Crippen molar-refractivity contribution in [3.63, 3.8) is 0 Å². The molecule has 0 aliphatic carbocycles. The molecule has 6 rings (SSSR count). The molecular weight excluding hydrogens is 717 g/mol. The summed E-state index contributed by atoms with van der Waals surface area (Å²) in [5, 5.41) is 14.2. The maximum absolute atomic E-state index is 9.33. The van der Waals surface area contributed by atoms with Gasteiger partial charge in [-0.2, -0.15) is 5.26 Å².